The Balaban J connectivity index is 1.68. The predicted molar refractivity (Wildman–Crippen MR) is 143 cm³/mol. The molecule has 2 heterocycles. The molecule has 0 saturated heterocycles. The molecule has 0 saturated carbocycles. The highest BCUT2D eigenvalue weighted by Gasteiger charge is 2.48. The van der Waals surface area contributed by atoms with Crippen LogP contribution in [-0.4, -0.2) is 0 Å². The maximum Gasteiger partial charge on any atom is 0.0992 e. The van der Waals surface area contributed by atoms with Crippen LogP contribution in [0.5, 0.6) is 0 Å². The van der Waals surface area contributed by atoms with E-state index in [1.165, 1.54) is 19.6 Å². The lowest BCUT2D eigenvalue weighted by atomic mass is 10.0. The molecule has 4 heteroatoms. The fourth-order valence-electron chi connectivity index (χ4n) is 5.63. The Kier molecular flexibility index (Phi) is 4.36. The molecule has 2 aliphatic rings. The molecule has 0 unspecified atom stereocenters. The van der Waals surface area contributed by atoms with Crippen LogP contribution in [0.4, 0.5) is 17.1 Å². The average Bonchev–Trinajstić information content (AvgIpc) is 3.23. The summed E-state index contributed by atoms with van der Waals surface area (Å²) in [6, 6.07) is 44.5. The van der Waals surface area contributed by atoms with Gasteiger partial charge in [0, 0.05) is 25.3 Å². The van der Waals surface area contributed by atoms with Crippen molar-refractivity contribution in [3.63, 3.8) is 0 Å². The van der Waals surface area contributed by atoms with E-state index in [1.54, 1.807) is 0 Å². The van der Waals surface area contributed by atoms with Gasteiger partial charge in [-0.2, -0.15) is 10.5 Å². The van der Waals surface area contributed by atoms with Gasteiger partial charge in [0.2, 0.25) is 0 Å². The highest BCUT2D eigenvalue weighted by Crippen LogP contribution is 2.84. The number of fused-ring (bicyclic) bond motifs is 9. The van der Waals surface area contributed by atoms with E-state index in [2.05, 4.69) is 114 Å². The molecular formula is C32H19N3S. The maximum atomic E-state index is 9.84. The van der Waals surface area contributed by atoms with Gasteiger partial charge in [-0.15, -0.1) is 10.0 Å². The smallest absolute Gasteiger partial charge is 0.0992 e. The zero-order valence-electron chi connectivity index (χ0n) is 19.2. The maximum absolute atomic E-state index is 9.84. The SMILES string of the molecule is N#Cc1ccc2c(c1)S1(c3cc(C#N)ccc3-2)c2ccccc2N(c2ccccc2)c2ccccc21. The number of nitrogens with zero attached hydrogens (tertiary/aromatic N) is 3. The van der Waals surface area contributed by atoms with E-state index in [1.807, 2.05) is 18.2 Å². The molecule has 1 spiro atoms. The summed E-state index contributed by atoms with van der Waals surface area (Å²) in [5, 5.41) is 19.7. The molecule has 3 nitrogen and oxygen atoms in total. The number of benzene rings is 5. The molecule has 168 valence electrons. The lowest BCUT2D eigenvalue weighted by molar-refractivity contribution is 1.13. The Labute approximate surface area is 211 Å². The van der Waals surface area contributed by atoms with Crippen molar-refractivity contribution >= 4 is 27.1 Å². The molecule has 0 N–H and O–H groups in total. The van der Waals surface area contributed by atoms with Crippen molar-refractivity contribution in [2.75, 3.05) is 4.90 Å². The van der Waals surface area contributed by atoms with Gasteiger partial charge in [0.1, 0.15) is 0 Å². The number of nitriles is 2. The molecule has 0 aliphatic carbocycles. The van der Waals surface area contributed by atoms with Crippen LogP contribution in [0, 0.1) is 22.7 Å². The summed E-state index contributed by atoms with van der Waals surface area (Å²) in [6.07, 6.45) is 0. The summed E-state index contributed by atoms with van der Waals surface area (Å²) >= 11 is 0. The molecule has 5 aromatic rings. The van der Waals surface area contributed by atoms with E-state index >= 15 is 0 Å². The zero-order valence-corrected chi connectivity index (χ0v) is 20.0. The second-order valence-electron chi connectivity index (χ2n) is 8.86. The zero-order chi connectivity index (χ0) is 24.3. The third kappa shape index (κ3) is 2.57. The first-order chi connectivity index (χ1) is 17.8. The minimum atomic E-state index is -1.95. The van der Waals surface area contributed by atoms with Gasteiger partial charge in [-0.05, 0) is 71.8 Å². The van der Waals surface area contributed by atoms with Crippen molar-refractivity contribution in [1.29, 1.82) is 10.5 Å². The van der Waals surface area contributed by atoms with Crippen LogP contribution in [0.25, 0.3) is 11.1 Å². The third-order valence-electron chi connectivity index (χ3n) is 7.06. The van der Waals surface area contributed by atoms with Crippen molar-refractivity contribution in [3.05, 3.63) is 126 Å². The summed E-state index contributed by atoms with van der Waals surface area (Å²) < 4.78 is 0. The molecule has 0 fully saturated rings. The highest BCUT2D eigenvalue weighted by atomic mass is 32.3. The van der Waals surface area contributed by atoms with Gasteiger partial charge >= 0.3 is 0 Å². The Morgan fingerprint density at radius 1 is 0.500 bits per heavy atom. The molecule has 5 aromatic carbocycles. The van der Waals surface area contributed by atoms with E-state index < -0.39 is 10.0 Å². The summed E-state index contributed by atoms with van der Waals surface area (Å²) in [5.41, 5.74) is 6.93. The second-order valence-corrected chi connectivity index (χ2v) is 11.8. The molecular weight excluding hydrogens is 458 g/mol. The molecule has 0 atom stereocenters. The van der Waals surface area contributed by atoms with Crippen LogP contribution in [0.3, 0.4) is 0 Å². The molecule has 7 rings (SSSR count). The van der Waals surface area contributed by atoms with Gasteiger partial charge in [0.15, 0.2) is 0 Å². The van der Waals surface area contributed by atoms with Gasteiger partial charge < -0.3 is 4.90 Å². The van der Waals surface area contributed by atoms with Gasteiger partial charge in [-0.1, -0.05) is 54.6 Å². The van der Waals surface area contributed by atoms with Crippen molar-refractivity contribution in [3.8, 4) is 23.3 Å². The number of para-hydroxylation sites is 3. The predicted octanol–water partition coefficient (Wildman–Crippen LogP) is 8.53. The first kappa shape index (κ1) is 20.6. The average molecular weight is 478 g/mol. The standard InChI is InChI=1S/C32H19N3S/c33-20-22-14-16-25-26-17-15-23(21-34)19-32(26)36(31(25)18-22)29-12-6-4-10-27(29)35(24-8-2-1-3-9-24)28-11-5-7-13-30(28)36/h1-19H. The summed E-state index contributed by atoms with van der Waals surface area (Å²) in [4.78, 5) is 7.11. The van der Waals surface area contributed by atoms with E-state index in [-0.39, 0.29) is 0 Å². The molecule has 0 amide bonds. The van der Waals surface area contributed by atoms with E-state index in [0.29, 0.717) is 11.1 Å². The van der Waals surface area contributed by atoms with E-state index in [0.717, 1.165) is 28.2 Å². The highest BCUT2D eigenvalue weighted by molar-refractivity contribution is 8.34. The topological polar surface area (TPSA) is 50.8 Å². The van der Waals surface area contributed by atoms with Gasteiger partial charge in [-0.3, -0.25) is 0 Å². The van der Waals surface area contributed by atoms with Crippen LogP contribution in [0.2, 0.25) is 0 Å². The fourth-order valence-corrected chi connectivity index (χ4v) is 10.2. The number of hydrogen-bond acceptors (Lipinski definition) is 3. The molecule has 0 radical (unpaired) electrons. The van der Waals surface area contributed by atoms with Gasteiger partial charge in [0.05, 0.1) is 34.6 Å². The van der Waals surface area contributed by atoms with Crippen molar-refractivity contribution in [1.82, 2.24) is 0 Å². The molecule has 36 heavy (non-hydrogen) atoms. The largest absolute Gasteiger partial charge is 0.308 e. The summed E-state index contributed by atoms with van der Waals surface area (Å²) in [6.45, 7) is 0. The summed E-state index contributed by atoms with van der Waals surface area (Å²) in [7, 11) is -1.95. The normalized spacial score (nSPS) is 14.6. The Bertz CT molecular complexity index is 1660. The first-order valence-electron chi connectivity index (χ1n) is 11.7. The van der Waals surface area contributed by atoms with E-state index in [9.17, 15) is 10.5 Å². The van der Waals surface area contributed by atoms with Crippen LogP contribution in [-0.2, 0) is 0 Å². The lowest BCUT2D eigenvalue weighted by Gasteiger charge is -2.48. The van der Waals surface area contributed by atoms with Crippen molar-refractivity contribution < 1.29 is 0 Å². The van der Waals surface area contributed by atoms with E-state index in [4.69, 9.17) is 0 Å². The minimum Gasteiger partial charge on any atom is -0.308 e. The molecule has 2 aliphatic heterocycles. The number of hydrogen-bond donors (Lipinski definition) is 0. The molecule has 0 aromatic heterocycles. The Morgan fingerprint density at radius 2 is 0.972 bits per heavy atom. The second kappa shape index (κ2) is 7.62. The molecule has 0 bridgehead atoms. The Morgan fingerprint density at radius 3 is 1.47 bits per heavy atom. The third-order valence-corrected chi connectivity index (χ3v) is 11.1. The fraction of sp³-hybridized carbons (Fsp3) is 0. The van der Waals surface area contributed by atoms with Gasteiger partial charge in [-0.25, -0.2) is 0 Å². The minimum absolute atomic E-state index is 0.648. The monoisotopic (exact) mass is 477 g/mol. The van der Waals surface area contributed by atoms with Crippen LogP contribution in [0.1, 0.15) is 11.1 Å². The van der Waals surface area contributed by atoms with Crippen LogP contribution >= 0.6 is 10.0 Å². The Hall–Kier alpha value is -4.77. The number of rotatable bonds is 1. The van der Waals surface area contributed by atoms with Crippen molar-refractivity contribution in [2.24, 2.45) is 0 Å². The summed E-state index contributed by atoms with van der Waals surface area (Å²) in [5.74, 6) is 0. The lowest BCUT2D eigenvalue weighted by Crippen LogP contribution is -2.20. The van der Waals surface area contributed by atoms with Crippen LogP contribution < -0.4 is 4.90 Å². The van der Waals surface area contributed by atoms with Gasteiger partial charge in [0.25, 0.3) is 0 Å². The first-order valence-corrected chi connectivity index (χ1v) is 13.4. The quantitative estimate of drug-likeness (QED) is 0.238. The number of anilines is 3. The van der Waals surface area contributed by atoms with Crippen molar-refractivity contribution in [2.45, 2.75) is 19.6 Å². The van der Waals surface area contributed by atoms with Crippen LogP contribution in [0.15, 0.2) is 135 Å².